The lowest BCUT2D eigenvalue weighted by Crippen LogP contribution is -2.59. The molecular formula is C38H53N5O7. The predicted molar refractivity (Wildman–Crippen MR) is 190 cm³/mol. The Labute approximate surface area is 295 Å². The molecule has 2 aliphatic rings. The summed E-state index contributed by atoms with van der Waals surface area (Å²) in [7, 11) is 0. The van der Waals surface area contributed by atoms with Gasteiger partial charge >= 0.3 is 6.03 Å². The average molecular weight is 692 g/mol. The maximum absolute atomic E-state index is 13.3. The van der Waals surface area contributed by atoms with E-state index in [-0.39, 0.29) is 23.7 Å². The number of urea groups is 1. The lowest BCUT2D eigenvalue weighted by molar-refractivity contribution is -0.137. The molecule has 1 aliphatic heterocycles. The van der Waals surface area contributed by atoms with E-state index in [9.17, 15) is 28.8 Å². The van der Waals surface area contributed by atoms with Gasteiger partial charge in [0.15, 0.2) is 5.78 Å². The van der Waals surface area contributed by atoms with Crippen molar-refractivity contribution >= 4 is 35.8 Å². The van der Waals surface area contributed by atoms with Crippen LogP contribution in [0.4, 0.5) is 4.79 Å². The van der Waals surface area contributed by atoms with Crippen molar-refractivity contribution in [1.82, 2.24) is 20.9 Å². The smallest absolute Gasteiger partial charge is 0.316 e. The summed E-state index contributed by atoms with van der Waals surface area (Å²) in [4.78, 5) is 73.3. The lowest BCUT2D eigenvalue weighted by atomic mass is 9.85. The highest BCUT2D eigenvalue weighted by Crippen LogP contribution is 2.33. The molecule has 1 saturated carbocycles. The molecule has 1 aliphatic carbocycles. The lowest BCUT2D eigenvalue weighted by Gasteiger charge is -2.35. The zero-order valence-electron chi connectivity index (χ0n) is 30.1. The van der Waals surface area contributed by atoms with Gasteiger partial charge in [0.1, 0.15) is 18.4 Å². The summed E-state index contributed by atoms with van der Waals surface area (Å²) in [5.74, 6) is -0.984. The molecule has 0 spiro atoms. The molecule has 4 rings (SSSR count). The number of hydrogen-bond acceptors (Lipinski definition) is 7. The summed E-state index contributed by atoms with van der Waals surface area (Å²) in [6.45, 7) is 12.8. The van der Waals surface area contributed by atoms with E-state index in [2.05, 4.69) is 16.0 Å². The largest absolute Gasteiger partial charge is 0.489 e. The number of hydrogen-bond donors (Lipinski definition) is 4. The van der Waals surface area contributed by atoms with E-state index in [1.165, 1.54) is 0 Å². The van der Waals surface area contributed by atoms with Crippen LogP contribution in [0.25, 0.3) is 0 Å². The predicted octanol–water partition coefficient (Wildman–Crippen LogP) is 4.15. The van der Waals surface area contributed by atoms with Crippen LogP contribution in [0.5, 0.6) is 5.75 Å². The first-order valence-electron chi connectivity index (χ1n) is 17.3. The van der Waals surface area contributed by atoms with Crippen LogP contribution in [0, 0.1) is 17.3 Å². The zero-order chi connectivity index (χ0) is 37.0. The van der Waals surface area contributed by atoms with Crippen LogP contribution in [-0.2, 0) is 25.8 Å². The highest BCUT2D eigenvalue weighted by molar-refractivity contribution is 6.37. The molecule has 12 nitrogen and oxygen atoms in total. The number of nitrogens with zero attached hydrogens (tertiary/aromatic N) is 1. The molecule has 5 amide bonds. The third-order valence-corrected chi connectivity index (χ3v) is 8.94. The summed E-state index contributed by atoms with van der Waals surface area (Å²) in [5.41, 5.74) is 5.88. The summed E-state index contributed by atoms with van der Waals surface area (Å²) >= 11 is 0. The van der Waals surface area contributed by atoms with Crippen LogP contribution in [0.3, 0.4) is 0 Å². The van der Waals surface area contributed by atoms with E-state index < -0.39 is 41.3 Å². The van der Waals surface area contributed by atoms with E-state index in [0.29, 0.717) is 43.2 Å². The Morgan fingerprint density at radius 2 is 1.60 bits per heavy atom. The Balaban J connectivity index is 0.000000436. The SMILES string of the molecule is CC(C)C(NC(=O)NC(C(=O)N1CCCC1C)C(C)(C)C)C(=O)c1ccc(OCc2ccccc2)cc1.NC(=O)C(=O)C(CC1CC1)NC=O. The fourth-order valence-corrected chi connectivity index (χ4v) is 5.75. The molecule has 12 heteroatoms. The number of amides is 5. The summed E-state index contributed by atoms with van der Waals surface area (Å²) in [6, 6.07) is 14.3. The second-order valence-corrected chi connectivity index (χ2v) is 14.6. The van der Waals surface area contributed by atoms with Crippen LogP contribution in [0.15, 0.2) is 54.6 Å². The average Bonchev–Trinajstić information content (AvgIpc) is 3.80. The Morgan fingerprint density at radius 3 is 2.10 bits per heavy atom. The van der Waals surface area contributed by atoms with Crippen molar-refractivity contribution in [2.24, 2.45) is 23.0 Å². The van der Waals surface area contributed by atoms with Crippen LogP contribution in [-0.4, -0.2) is 71.4 Å². The number of nitrogens with one attached hydrogen (secondary N) is 3. The first-order chi connectivity index (χ1) is 23.6. The fourth-order valence-electron chi connectivity index (χ4n) is 5.75. The van der Waals surface area contributed by atoms with Crippen molar-refractivity contribution in [1.29, 1.82) is 0 Å². The van der Waals surface area contributed by atoms with Crippen LogP contribution >= 0.6 is 0 Å². The number of Topliss-reactive ketones (excluding diaryl/α,β-unsaturated/α-hetero) is 2. The van der Waals surface area contributed by atoms with Gasteiger partial charge in [-0.05, 0) is 73.3 Å². The summed E-state index contributed by atoms with van der Waals surface area (Å²) in [6.07, 6.45) is 5.01. The van der Waals surface area contributed by atoms with Crippen molar-refractivity contribution in [2.75, 3.05) is 6.54 Å². The van der Waals surface area contributed by atoms with Crippen molar-refractivity contribution in [2.45, 2.75) is 104 Å². The molecule has 0 bridgehead atoms. The van der Waals surface area contributed by atoms with Gasteiger partial charge in [0, 0.05) is 18.2 Å². The van der Waals surface area contributed by atoms with Gasteiger partial charge < -0.3 is 31.3 Å². The molecule has 4 unspecified atom stereocenters. The van der Waals surface area contributed by atoms with E-state index >= 15 is 0 Å². The number of ether oxygens (including phenoxy) is 1. The minimum atomic E-state index is -0.986. The molecule has 4 atom stereocenters. The molecule has 272 valence electrons. The van der Waals surface area contributed by atoms with Gasteiger partial charge in [-0.25, -0.2) is 4.79 Å². The van der Waals surface area contributed by atoms with Crippen molar-refractivity contribution in [3.05, 3.63) is 65.7 Å². The normalized spacial score (nSPS) is 17.3. The number of benzene rings is 2. The maximum atomic E-state index is 13.3. The molecule has 1 saturated heterocycles. The van der Waals surface area contributed by atoms with Crippen molar-refractivity contribution in [3.63, 3.8) is 0 Å². The number of likely N-dealkylation sites (tertiary alicyclic amines) is 1. The summed E-state index contributed by atoms with van der Waals surface area (Å²) in [5, 5.41) is 8.01. The van der Waals surface area contributed by atoms with Gasteiger partial charge in [0.05, 0.1) is 12.1 Å². The number of primary amides is 1. The number of nitrogens with two attached hydrogens (primary N) is 1. The Hall–Kier alpha value is -4.74. The summed E-state index contributed by atoms with van der Waals surface area (Å²) < 4.78 is 5.82. The highest BCUT2D eigenvalue weighted by Gasteiger charge is 2.39. The molecule has 50 heavy (non-hydrogen) atoms. The Morgan fingerprint density at radius 1 is 0.960 bits per heavy atom. The van der Waals surface area contributed by atoms with E-state index in [4.69, 9.17) is 10.5 Å². The first-order valence-corrected chi connectivity index (χ1v) is 17.3. The Kier molecular flexibility index (Phi) is 14.5. The minimum Gasteiger partial charge on any atom is -0.489 e. The van der Waals surface area contributed by atoms with Gasteiger partial charge in [-0.1, -0.05) is 77.8 Å². The van der Waals surface area contributed by atoms with Gasteiger partial charge in [0.25, 0.3) is 5.91 Å². The van der Waals surface area contributed by atoms with Gasteiger partial charge in [-0.3, -0.25) is 24.0 Å². The molecule has 0 radical (unpaired) electrons. The number of rotatable bonds is 15. The molecule has 2 fully saturated rings. The molecular weight excluding hydrogens is 638 g/mol. The molecule has 1 heterocycles. The van der Waals surface area contributed by atoms with Crippen molar-refractivity contribution < 1.29 is 33.5 Å². The first kappa shape index (κ1) is 39.7. The second kappa shape index (κ2) is 18.3. The van der Waals surface area contributed by atoms with Gasteiger partial charge in [-0.15, -0.1) is 0 Å². The fraction of sp³-hybridized carbons (Fsp3) is 0.526. The van der Waals surface area contributed by atoms with E-state index in [1.807, 2.05) is 76.8 Å². The second-order valence-electron chi connectivity index (χ2n) is 14.6. The van der Waals surface area contributed by atoms with Gasteiger partial charge in [-0.2, -0.15) is 0 Å². The number of ketones is 2. The quantitative estimate of drug-likeness (QED) is 0.123. The third kappa shape index (κ3) is 12.0. The highest BCUT2D eigenvalue weighted by atomic mass is 16.5. The van der Waals surface area contributed by atoms with Crippen molar-refractivity contribution in [3.8, 4) is 5.75 Å². The molecule has 2 aromatic carbocycles. The third-order valence-electron chi connectivity index (χ3n) is 8.94. The van der Waals surface area contributed by atoms with Crippen LogP contribution < -0.4 is 26.4 Å². The van der Waals surface area contributed by atoms with Crippen LogP contribution in [0.1, 0.15) is 89.6 Å². The minimum absolute atomic E-state index is 0.0776. The standard InChI is InChI=1S/C30H41N3O4.C8H12N2O3/c1-20(2)25(26(34)23-14-16-24(17-15-23)37-19-22-12-8-7-9-13-22)31-29(36)32-27(30(4,5)6)28(35)33-18-10-11-21(33)3;9-8(13)7(12)6(10-4-11)3-5-1-2-5/h7-9,12-17,20-21,25,27H,10-11,18-19H2,1-6H3,(H2,31,32,36);4-6H,1-3H2,(H2,9,13)(H,10,11). The zero-order valence-corrected chi connectivity index (χ0v) is 30.1. The van der Waals surface area contributed by atoms with Gasteiger partial charge in [0.2, 0.25) is 18.1 Å². The van der Waals surface area contributed by atoms with E-state index in [0.717, 1.165) is 31.2 Å². The molecule has 5 N–H and O–H groups in total. The topological polar surface area (TPSA) is 177 Å². The molecule has 2 aromatic rings. The number of carbonyl (C=O) groups excluding carboxylic acids is 6. The van der Waals surface area contributed by atoms with E-state index in [1.54, 1.807) is 24.3 Å². The molecule has 0 aromatic heterocycles. The number of carbonyl (C=O) groups is 6. The monoisotopic (exact) mass is 691 g/mol. The maximum Gasteiger partial charge on any atom is 0.316 e. The van der Waals surface area contributed by atoms with Crippen LogP contribution in [0.2, 0.25) is 0 Å². The Bertz CT molecular complexity index is 1470.